The fraction of sp³-hybridized carbons (Fsp3) is 0. The van der Waals surface area contributed by atoms with Crippen LogP contribution in [-0.4, -0.2) is 9.97 Å². The fourth-order valence-corrected chi connectivity index (χ4v) is 10.6. The molecule has 4 heteroatoms. The predicted octanol–water partition coefficient (Wildman–Crippen LogP) is 17.7. The first-order valence-electron chi connectivity index (χ1n) is 23.0. The molecule has 0 radical (unpaired) electrons. The zero-order valence-electron chi connectivity index (χ0n) is 36.7. The molecule has 0 saturated carbocycles. The number of benzene rings is 11. The van der Waals surface area contributed by atoms with Crippen molar-refractivity contribution in [3.63, 3.8) is 0 Å². The highest BCUT2D eigenvalue weighted by Gasteiger charge is 2.19. The van der Waals surface area contributed by atoms with Gasteiger partial charge in [0.2, 0.25) is 0 Å². The van der Waals surface area contributed by atoms with Crippen LogP contribution in [0.1, 0.15) is 0 Å². The molecule has 0 unspecified atom stereocenters. The molecule has 68 heavy (non-hydrogen) atoms. The highest BCUT2D eigenvalue weighted by molar-refractivity contribution is 6.24. The van der Waals surface area contributed by atoms with Crippen LogP contribution in [0.25, 0.3) is 143 Å². The summed E-state index contributed by atoms with van der Waals surface area (Å²) in [5, 5.41) is 8.84. The fourth-order valence-electron chi connectivity index (χ4n) is 10.6. The van der Waals surface area contributed by atoms with Crippen LogP contribution in [0.15, 0.2) is 240 Å². The molecule has 3 aromatic heterocycles. The van der Waals surface area contributed by atoms with Crippen molar-refractivity contribution in [3.05, 3.63) is 231 Å². The normalized spacial score (nSPS) is 11.8. The molecule has 14 aromatic rings. The van der Waals surface area contributed by atoms with Crippen LogP contribution >= 0.6 is 0 Å². The average Bonchev–Trinajstić information content (AvgIpc) is 4.00. The van der Waals surface area contributed by atoms with Crippen molar-refractivity contribution in [1.82, 2.24) is 9.97 Å². The molecule has 14 rings (SSSR count). The summed E-state index contributed by atoms with van der Waals surface area (Å²) in [4.78, 5) is 9.79. The van der Waals surface area contributed by atoms with Gasteiger partial charge in [-0.2, -0.15) is 0 Å². The molecule has 0 aliphatic carbocycles. The van der Waals surface area contributed by atoms with Crippen molar-refractivity contribution in [2.75, 3.05) is 0 Å². The van der Waals surface area contributed by atoms with E-state index < -0.39 is 0 Å². The second-order valence-electron chi connectivity index (χ2n) is 17.6. The minimum atomic E-state index is 0.889. The van der Waals surface area contributed by atoms with Crippen molar-refractivity contribution in [3.8, 4) is 66.8 Å². The largest absolute Gasteiger partial charge is 0.455 e. The Hall–Kier alpha value is -9.12. The Kier molecular flexibility index (Phi) is 8.55. The lowest BCUT2D eigenvalue weighted by Gasteiger charge is -2.13. The average molecular weight is 867 g/mol. The molecule has 0 amide bonds. The van der Waals surface area contributed by atoms with E-state index >= 15 is 0 Å². The highest BCUT2D eigenvalue weighted by Crippen LogP contribution is 2.44. The lowest BCUT2D eigenvalue weighted by Crippen LogP contribution is -1.90. The molecule has 316 valence electrons. The number of para-hydroxylation sites is 4. The molecule has 4 nitrogen and oxygen atoms in total. The summed E-state index contributed by atoms with van der Waals surface area (Å²) in [5.41, 5.74) is 18.6. The predicted molar refractivity (Wildman–Crippen MR) is 282 cm³/mol. The van der Waals surface area contributed by atoms with Crippen LogP contribution in [0.5, 0.6) is 0 Å². The van der Waals surface area contributed by atoms with Gasteiger partial charge in [-0.25, -0.2) is 0 Å². The molecule has 0 saturated heterocycles. The van der Waals surface area contributed by atoms with Crippen LogP contribution in [0.3, 0.4) is 0 Å². The zero-order chi connectivity index (χ0) is 44.7. The van der Waals surface area contributed by atoms with Gasteiger partial charge >= 0.3 is 0 Å². The molecule has 0 bridgehead atoms. The minimum absolute atomic E-state index is 0.889. The Morgan fingerprint density at radius 3 is 0.941 bits per heavy atom. The van der Waals surface area contributed by atoms with Crippen LogP contribution in [-0.2, 0) is 0 Å². The van der Waals surface area contributed by atoms with Crippen LogP contribution in [0, 0.1) is 0 Å². The van der Waals surface area contributed by atoms with Crippen molar-refractivity contribution >= 4 is 76.5 Å². The maximum Gasteiger partial charge on any atom is 0.143 e. The summed E-state index contributed by atoms with van der Waals surface area (Å²) >= 11 is 0. The van der Waals surface area contributed by atoms with E-state index in [1.807, 2.05) is 12.1 Å². The van der Waals surface area contributed by atoms with Gasteiger partial charge in [0.05, 0.1) is 11.0 Å². The molecule has 11 aromatic carbocycles. The third kappa shape index (κ3) is 6.01. The Morgan fingerprint density at radius 2 is 0.544 bits per heavy atom. The maximum absolute atomic E-state index is 6.83. The SMILES string of the molecule is c1ccc(-c2cccc3c2oc2c(-c4cccc(-c5ccc6c(c5)c5cc(-c7cccc(-c8cccc9c8oc8c(-c%10ccccc%10)cccc89)c7)ccc5c5nccnc65)c4)cccc23)cc1. The van der Waals surface area contributed by atoms with E-state index in [1.54, 1.807) is 12.4 Å². The van der Waals surface area contributed by atoms with E-state index in [1.165, 1.54) is 0 Å². The molecular formula is C64H38N2O2. The van der Waals surface area contributed by atoms with Crippen molar-refractivity contribution in [1.29, 1.82) is 0 Å². The molecule has 0 N–H and O–H groups in total. The number of aromatic nitrogens is 2. The number of furan rings is 2. The maximum atomic E-state index is 6.83. The second-order valence-corrected chi connectivity index (χ2v) is 17.6. The summed E-state index contributed by atoms with van der Waals surface area (Å²) in [6.07, 6.45) is 3.58. The van der Waals surface area contributed by atoms with Gasteiger partial charge in [0.15, 0.2) is 0 Å². The Labute approximate surface area is 391 Å². The molecule has 0 aliphatic rings. The van der Waals surface area contributed by atoms with E-state index in [0.29, 0.717) is 0 Å². The lowest BCUT2D eigenvalue weighted by atomic mass is 9.92. The number of rotatable bonds is 6. The van der Waals surface area contributed by atoms with Crippen molar-refractivity contribution in [2.24, 2.45) is 0 Å². The Morgan fingerprint density at radius 1 is 0.221 bits per heavy atom. The third-order valence-corrected chi connectivity index (χ3v) is 13.8. The summed E-state index contributed by atoms with van der Waals surface area (Å²) in [7, 11) is 0. The quantitative estimate of drug-likeness (QED) is 0.156. The second kappa shape index (κ2) is 15.2. The van der Waals surface area contributed by atoms with Crippen molar-refractivity contribution < 1.29 is 8.83 Å². The topological polar surface area (TPSA) is 52.1 Å². The van der Waals surface area contributed by atoms with Crippen LogP contribution in [0.4, 0.5) is 0 Å². The Bertz CT molecular complexity index is 4040. The lowest BCUT2D eigenvalue weighted by molar-refractivity contribution is 0.670. The summed E-state index contributed by atoms with van der Waals surface area (Å²) in [6, 6.07) is 77.8. The summed E-state index contributed by atoms with van der Waals surface area (Å²) in [5.74, 6) is 0. The van der Waals surface area contributed by atoms with E-state index in [0.717, 1.165) is 143 Å². The zero-order valence-corrected chi connectivity index (χ0v) is 36.7. The van der Waals surface area contributed by atoms with Gasteiger partial charge in [0.1, 0.15) is 22.3 Å². The van der Waals surface area contributed by atoms with Crippen LogP contribution in [0.2, 0.25) is 0 Å². The van der Waals surface area contributed by atoms with Crippen molar-refractivity contribution in [2.45, 2.75) is 0 Å². The number of hydrogen-bond donors (Lipinski definition) is 0. The van der Waals surface area contributed by atoms with Gasteiger partial charge in [0, 0.05) is 67.0 Å². The molecule has 0 fully saturated rings. The molecule has 0 aliphatic heterocycles. The third-order valence-electron chi connectivity index (χ3n) is 13.8. The minimum Gasteiger partial charge on any atom is -0.455 e. The molecule has 3 heterocycles. The van der Waals surface area contributed by atoms with E-state index in [9.17, 15) is 0 Å². The Balaban J connectivity index is 0.888. The standard InChI is InChI=1S/C64H38N2O2/c1-3-13-39(14-4-1)47-21-9-25-53-55-27-11-23-49(63(55)67-61(47)53)45-19-7-17-41(35-45)43-29-31-51-57(37-43)58-38-44(30-32-52(58)60-59(51)65-33-34-66-60)42-18-8-20-46(36-42)50-24-12-28-56-54-26-10-22-48(62(54)68-64(50)56)40-15-5-2-6-16-40/h1-38H. The van der Waals surface area contributed by atoms with E-state index in [4.69, 9.17) is 18.8 Å². The number of hydrogen-bond acceptors (Lipinski definition) is 4. The van der Waals surface area contributed by atoms with Gasteiger partial charge in [-0.1, -0.05) is 194 Å². The number of fused-ring (bicyclic) bond motifs is 12. The smallest absolute Gasteiger partial charge is 0.143 e. The van der Waals surface area contributed by atoms with Gasteiger partial charge in [0.25, 0.3) is 0 Å². The first-order valence-corrected chi connectivity index (χ1v) is 23.0. The molecular weight excluding hydrogens is 829 g/mol. The monoisotopic (exact) mass is 866 g/mol. The van der Waals surface area contributed by atoms with Gasteiger partial charge in [-0.05, 0) is 79.5 Å². The molecule has 0 atom stereocenters. The van der Waals surface area contributed by atoms with Gasteiger partial charge in [-0.15, -0.1) is 0 Å². The van der Waals surface area contributed by atoms with Gasteiger partial charge < -0.3 is 8.83 Å². The summed E-state index contributed by atoms with van der Waals surface area (Å²) < 4.78 is 13.7. The van der Waals surface area contributed by atoms with Crippen LogP contribution < -0.4 is 0 Å². The molecule has 0 spiro atoms. The van der Waals surface area contributed by atoms with Gasteiger partial charge in [-0.3, -0.25) is 9.97 Å². The highest BCUT2D eigenvalue weighted by atomic mass is 16.3. The first kappa shape index (κ1) is 38.2. The number of nitrogens with zero attached hydrogens (tertiary/aromatic N) is 2. The van der Waals surface area contributed by atoms with E-state index in [-0.39, 0.29) is 0 Å². The van der Waals surface area contributed by atoms with E-state index in [2.05, 4.69) is 206 Å². The first-order chi connectivity index (χ1) is 33.7. The summed E-state index contributed by atoms with van der Waals surface area (Å²) in [6.45, 7) is 0.